The van der Waals surface area contributed by atoms with Crippen molar-refractivity contribution in [2.45, 2.75) is 26.1 Å². The molecule has 1 aliphatic rings. The van der Waals surface area contributed by atoms with Crippen LogP contribution in [0, 0.1) is 6.92 Å². The summed E-state index contributed by atoms with van der Waals surface area (Å²) in [6.45, 7) is 4.34. The number of rotatable bonds is 5. The summed E-state index contributed by atoms with van der Waals surface area (Å²) in [5.74, 6) is 0.763. The lowest BCUT2D eigenvalue weighted by Crippen LogP contribution is -2.25. The lowest BCUT2D eigenvalue weighted by molar-refractivity contribution is 0.0552. The van der Waals surface area contributed by atoms with Gasteiger partial charge in [0.15, 0.2) is 0 Å². The highest BCUT2D eigenvalue weighted by molar-refractivity contribution is 5.42. The fourth-order valence-corrected chi connectivity index (χ4v) is 2.97. The molecule has 1 aromatic carbocycles. The highest BCUT2D eigenvalue weighted by atomic mass is 16.5. The Morgan fingerprint density at radius 2 is 1.92 bits per heavy atom. The molecule has 1 atom stereocenters. The molecule has 0 unspecified atom stereocenters. The maximum Gasteiger partial charge on any atom is 0.250 e. The van der Waals surface area contributed by atoms with E-state index < -0.39 is 0 Å². The molecule has 0 radical (unpaired) electrons. The molecular formula is C18H20N6O. The van der Waals surface area contributed by atoms with E-state index in [9.17, 15) is 0 Å². The zero-order valence-corrected chi connectivity index (χ0v) is 14.1. The van der Waals surface area contributed by atoms with E-state index in [-0.39, 0.29) is 6.10 Å². The summed E-state index contributed by atoms with van der Waals surface area (Å²) in [6, 6.07) is 12.1. The number of ether oxygens (including phenoxy) is 1. The molecule has 7 heteroatoms. The average Bonchev–Trinajstić information content (AvgIpc) is 3.31. The Morgan fingerprint density at radius 1 is 1.12 bits per heavy atom. The van der Waals surface area contributed by atoms with Gasteiger partial charge in [0.05, 0.1) is 18.4 Å². The van der Waals surface area contributed by atoms with Crippen molar-refractivity contribution in [3.63, 3.8) is 0 Å². The predicted molar refractivity (Wildman–Crippen MR) is 93.5 cm³/mol. The first-order valence-electron chi connectivity index (χ1n) is 8.40. The Morgan fingerprint density at radius 3 is 2.72 bits per heavy atom. The van der Waals surface area contributed by atoms with Gasteiger partial charge < -0.3 is 9.64 Å². The van der Waals surface area contributed by atoms with E-state index in [1.807, 2.05) is 24.3 Å². The van der Waals surface area contributed by atoms with Gasteiger partial charge in [0.1, 0.15) is 0 Å². The van der Waals surface area contributed by atoms with Crippen LogP contribution in [0.25, 0.3) is 5.69 Å². The molecule has 4 rings (SSSR count). The van der Waals surface area contributed by atoms with Crippen LogP contribution in [0.3, 0.4) is 0 Å². The van der Waals surface area contributed by atoms with Gasteiger partial charge in [0, 0.05) is 25.5 Å². The van der Waals surface area contributed by atoms with E-state index in [0.717, 1.165) is 36.7 Å². The summed E-state index contributed by atoms with van der Waals surface area (Å²) in [4.78, 5) is 6.20. The van der Waals surface area contributed by atoms with Crippen molar-refractivity contribution in [3.05, 3.63) is 59.9 Å². The van der Waals surface area contributed by atoms with Gasteiger partial charge in [-0.05, 0) is 53.6 Å². The molecule has 0 amide bonds. The molecule has 1 saturated heterocycles. The Balaban J connectivity index is 1.42. The first-order chi connectivity index (χ1) is 12.3. The topological polar surface area (TPSA) is 69.0 Å². The molecule has 0 bridgehead atoms. The summed E-state index contributed by atoms with van der Waals surface area (Å²) in [6.07, 6.45) is 4.72. The molecule has 128 valence electrons. The van der Waals surface area contributed by atoms with Crippen molar-refractivity contribution in [1.29, 1.82) is 0 Å². The second-order valence-corrected chi connectivity index (χ2v) is 6.25. The molecule has 1 aliphatic heterocycles. The van der Waals surface area contributed by atoms with Crippen LogP contribution in [0.1, 0.15) is 17.5 Å². The van der Waals surface area contributed by atoms with E-state index in [0.29, 0.717) is 6.61 Å². The van der Waals surface area contributed by atoms with Gasteiger partial charge in [-0.2, -0.15) is 4.68 Å². The molecule has 0 saturated carbocycles. The van der Waals surface area contributed by atoms with Crippen LogP contribution < -0.4 is 4.90 Å². The average molecular weight is 336 g/mol. The Labute approximate surface area is 146 Å². The fraction of sp³-hybridized carbons (Fsp3) is 0.333. The number of hydrogen-bond donors (Lipinski definition) is 0. The second-order valence-electron chi connectivity index (χ2n) is 6.25. The number of benzene rings is 1. The maximum absolute atomic E-state index is 6.03. The largest absolute Gasteiger partial charge is 0.372 e. The summed E-state index contributed by atoms with van der Waals surface area (Å²) < 4.78 is 7.81. The van der Waals surface area contributed by atoms with Crippen molar-refractivity contribution < 1.29 is 4.74 Å². The monoisotopic (exact) mass is 336 g/mol. The van der Waals surface area contributed by atoms with Crippen LogP contribution in [0.2, 0.25) is 0 Å². The van der Waals surface area contributed by atoms with Crippen LogP contribution in [0.5, 0.6) is 0 Å². The third-order valence-corrected chi connectivity index (χ3v) is 4.39. The van der Waals surface area contributed by atoms with Crippen molar-refractivity contribution in [2.75, 3.05) is 18.0 Å². The summed E-state index contributed by atoms with van der Waals surface area (Å²) in [5.41, 5.74) is 3.31. The Kier molecular flexibility index (Phi) is 4.39. The second kappa shape index (κ2) is 6.98. The van der Waals surface area contributed by atoms with E-state index in [4.69, 9.17) is 4.74 Å². The standard InChI is InChI=1S/C18H20N6O/c1-14-2-4-16(5-3-14)24-18(20-21-22-24)23-11-8-17(12-23)25-13-15-6-9-19-10-7-15/h2-7,9-10,17H,8,11-13H2,1H3/t17-/m0/s1. The number of aryl methyl sites for hydroxylation is 1. The van der Waals surface area contributed by atoms with Crippen LogP contribution in [-0.2, 0) is 11.3 Å². The van der Waals surface area contributed by atoms with Gasteiger partial charge in [0.25, 0.3) is 0 Å². The van der Waals surface area contributed by atoms with E-state index in [1.165, 1.54) is 5.56 Å². The lowest BCUT2D eigenvalue weighted by atomic mass is 10.2. The molecule has 7 nitrogen and oxygen atoms in total. The fourth-order valence-electron chi connectivity index (χ4n) is 2.97. The normalized spacial score (nSPS) is 17.2. The highest BCUT2D eigenvalue weighted by Crippen LogP contribution is 2.22. The highest BCUT2D eigenvalue weighted by Gasteiger charge is 2.27. The first-order valence-corrected chi connectivity index (χ1v) is 8.40. The SMILES string of the molecule is Cc1ccc(-n2nnnc2N2CC[C@H](OCc3ccncc3)C2)cc1. The maximum atomic E-state index is 6.03. The number of aromatic nitrogens is 5. The summed E-state index contributed by atoms with van der Waals surface area (Å²) in [5, 5.41) is 12.2. The number of tetrazole rings is 1. The van der Waals surface area contributed by atoms with Gasteiger partial charge in [-0.1, -0.05) is 22.8 Å². The minimum Gasteiger partial charge on any atom is -0.372 e. The van der Waals surface area contributed by atoms with Gasteiger partial charge in [-0.15, -0.1) is 0 Å². The van der Waals surface area contributed by atoms with Gasteiger partial charge in [0.2, 0.25) is 5.95 Å². The summed E-state index contributed by atoms with van der Waals surface area (Å²) >= 11 is 0. The zero-order chi connectivity index (χ0) is 17.1. The predicted octanol–water partition coefficient (Wildman–Crippen LogP) is 2.16. The van der Waals surface area contributed by atoms with E-state index in [1.54, 1.807) is 17.1 Å². The Bertz CT molecular complexity index is 817. The molecule has 1 fully saturated rings. The molecule has 3 heterocycles. The smallest absolute Gasteiger partial charge is 0.250 e. The van der Waals surface area contributed by atoms with Gasteiger partial charge in [-0.25, -0.2) is 0 Å². The van der Waals surface area contributed by atoms with Crippen LogP contribution in [0.15, 0.2) is 48.8 Å². The van der Waals surface area contributed by atoms with E-state index >= 15 is 0 Å². The third-order valence-electron chi connectivity index (χ3n) is 4.39. The molecular weight excluding hydrogens is 316 g/mol. The van der Waals surface area contributed by atoms with Gasteiger partial charge >= 0.3 is 0 Å². The Hall–Kier alpha value is -2.80. The number of hydrogen-bond acceptors (Lipinski definition) is 6. The van der Waals surface area contributed by atoms with Crippen LogP contribution in [-0.4, -0.2) is 44.4 Å². The van der Waals surface area contributed by atoms with Crippen molar-refractivity contribution in [1.82, 2.24) is 25.2 Å². The molecule has 3 aromatic rings. The van der Waals surface area contributed by atoms with Gasteiger partial charge in [-0.3, -0.25) is 4.98 Å². The van der Waals surface area contributed by atoms with Crippen molar-refractivity contribution in [3.8, 4) is 5.69 Å². The molecule has 2 aromatic heterocycles. The molecule has 0 N–H and O–H groups in total. The van der Waals surface area contributed by atoms with Crippen LogP contribution >= 0.6 is 0 Å². The van der Waals surface area contributed by atoms with E-state index in [2.05, 4.69) is 44.5 Å². The minimum absolute atomic E-state index is 0.177. The zero-order valence-electron chi connectivity index (χ0n) is 14.1. The number of pyridine rings is 1. The van der Waals surface area contributed by atoms with Crippen molar-refractivity contribution >= 4 is 5.95 Å². The first kappa shape index (κ1) is 15.7. The number of nitrogens with zero attached hydrogens (tertiary/aromatic N) is 6. The minimum atomic E-state index is 0.177. The van der Waals surface area contributed by atoms with Crippen molar-refractivity contribution in [2.24, 2.45) is 0 Å². The van der Waals surface area contributed by atoms with Crippen LogP contribution in [0.4, 0.5) is 5.95 Å². The third kappa shape index (κ3) is 3.51. The molecule has 0 aliphatic carbocycles. The quantitative estimate of drug-likeness (QED) is 0.711. The molecule has 0 spiro atoms. The lowest BCUT2D eigenvalue weighted by Gasteiger charge is -2.17. The summed E-state index contributed by atoms with van der Waals surface area (Å²) in [7, 11) is 0. The number of anilines is 1. The molecule has 25 heavy (non-hydrogen) atoms.